The van der Waals surface area contributed by atoms with E-state index in [9.17, 15) is 0 Å². The molecular formula is C8H13ClN2. The predicted octanol–water partition coefficient (Wildman–Crippen LogP) is 2.04. The van der Waals surface area contributed by atoms with E-state index in [-0.39, 0.29) is 12.4 Å². The van der Waals surface area contributed by atoms with E-state index in [1.165, 1.54) is 5.56 Å². The van der Waals surface area contributed by atoms with Gasteiger partial charge in [-0.3, -0.25) is 0 Å². The van der Waals surface area contributed by atoms with Crippen LogP contribution in [0, 0.1) is 6.92 Å². The third-order valence-electron chi connectivity index (χ3n) is 1.53. The van der Waals surface area contributed by atoms with Gasteiger partial charge in [-0.15, -0.1) is 12.4 Å². The van der Waals surface area contributed by atoms with Gasteiger partial charge in [0.2, 0.25) is 0 Å². The second-order valence-electron chi connectivity index (χ2n) is 2.32. The highest BCUT2D eigenvalue weighted by atomic mass is 35.5. The van der Waals surface area contributed by atoms with Crippen molar-refractivity contribution in [2.75, 3.05) is 18.1 Å². The van der Waals surface area contributed by atoms with Gasteiger partial charge in [-0.05, 0) is 24.6 Å². The summed E-state index contributed by atoms with van der Waals surface area (Å²) in [5, 5.41) is 3.06. The molecule has 11 heavy (non-hydrogen) atoms. The molecule has 1 aromatic carbocycles. The second-order valence-corrected chi connectivity index (χ2v) is 2.32. The van der Waals surface area contributed by atoms with Gasteiger partial charge in [0.15, 0.2) is 0 Å². The number of halogens is 1. The van der Waals surface area contributed by atoms with Gasteiger partial charge in [0.25, 0.3) is 0 Å². The summed E-state index contributed by atoms with van der Waals surface area (Å²) < 4.78 is 0. The summed E-state index contributed by atoms with van der Waals surface area (Å²) in [7, 11) is 1.89. The number of rotatable bonds is 1. The van der Waals surface area contributed by atoms with Crippen LogP contribution < -0.4 is 11.1 Å². The Bertz CT molecular complexity index is 236. The lowest BCUT2D eigenvalue weighted by Gasteiger charge is -2.04. The number of hydrogen-bond donors (Lipinski definition) is 2. The van der Waals surface area contributed by atoms with Crippen LogP contribution in [0.2, 0.25) is 0 Å². The quantitative estimate of drug-likeness (QED) is 0.637. The Morgan fingerprint density at radius 3 is 2.45 bits per heavy atom. The van der Waals surface area contributed by atoms with Crippen LogP contribution in [0.25, 0.3) is 0 Å². The van der Waals surface area contributed by atoms with Crippen molar-refractivity contribution in [1.82, 2.24) is 0 Å². The first-order chi connectivity index (χ1) is 4.74. The highest BCUT2D eigenvalue weighted by Gasteiger charge is 1.93. The Balaban J connectivity index is 0.000001000. The maximum Gasteiger partial charge on any atom is 0.0387 e. The molecule has 0 saturated heterocycles. The monoisotopic (exact) mass is 172 g/mol. The van der Waals surface area contributed by atoms with E-state index < -0.39 is 0 Å². The molecule has 62 valence electrons. The fourth-order valence-electron chi connectivity index (χ4n) is 0.909. The number of nitrogen functional groups attached to an aromatic ring is 1. The van der Waals surface area contributed by atoms with Crippen LogP contribution in [-0.2, 0) is 0 Å². The predicted molar refractivity (Wildman–Crippen MR) is 52.4 cm³/mol. The van der Waals surface area contributed by atoms with E-state index in [0.29, 0.717) is 0 Å². The first-order valence-corrected chi connectivity index (χ1v) is 3.28. The van der Waals surface area contributed by atoms with Crippen LogP contribution in [0.1, 0.15) is 5.56 Å². The van der Waals surface area contributed by atoms with Crippen molar-refractivity contribution < 1.29 is 0 Å². The molecule has 1 rings (SSSR count). The van der Waals surface area contributed by atoms with Gasteiger partial charge < -0.3 is 11.1 Å². The van der Waals surface area contributed by atoms with E-state index in [0.717, 1.165) is 11.4 Å². The van der Waals surface area contributed by atoms with Gasteiger partial charge in [-0.1, -0.05) is 6.07 Å². The molecule has 0 unspecified atom stereocenters. The Labute approximate surface area is 73.2 Å². The van der Waals surface area contributed by atoms with Crippen LogP contribution >= 0.6 is 12.4 Å². The average molecular weight is 173 g/mol. The zero-order chi connectivity index (χ0) is 7.56. The topological polar surface area (TPSA) is 38.0 Å². The van der Waals surface area contributed by atoms with Crippen molar-refractivity contribution in [3.63, 3.8) is 0 Å². The molecule has 2 nitrogen and oxygen atoms in total. The zero-order valence-electron chi connectivity index (χ0n) is 6.72. The molecule has 0 aromatic heterocycles. The second kappa shape index (κ2) is 4.09. The molecule has 0 aliphatic rings. The van der Waals surface area contributed by atoms with Gasteiger partial charge >= 0.3 is 0 Å². The molecule has 3 N–H and O–H groups in total. The van der Waals surface area contributed by atoms with Crippen LogP contribution in [0.3, 0.4) is 0 Å². The molecule has 0 radical (unpaired) electrons. The van der Waals surface area contributed by atoms with Crippen molar-refractivity contribution in [2.45, 2.75) is 6.92 Å². The van der Waals surface area contributed by atoms with Gasteiger partial charge in [0, 0.05) is 18.4 Å². The molecular weight excluding hydrogens is 160 g/mol. The van der Waals surface area contributed by atoms with Gasteiger partial charge in [0.05, 0.1) is 0 Å². The normalized spacial score (nSPS) is 8.55. The van der Waals surface area contributed by atoms with E-state index in [1.807, 2.05) is 32.2 Å². The minimum Gasteiger partial charge on any atom is -0.399 e. The molecule has 0 aliphatic heterocycles. The van der Waals surface area contributed by atoms with E-state index in [4.69, 9.17) is 5.73 Å². The van der Waals surface area contributed by atoms with E-state index >= 15 is 0 Å². The minimum atomic E-state index is 0. The van der Waals surface area contributed by atoms with Crippen molar-refractivity contribution in [3.05, 3.63) is 23.8 Å². The van der Waals surface area contributed by atoms with Crippen LogP contribution in [0.5, 0.6) is 0 Å². The average Bonchev–Trinajstić information content (AvgIpc) is 1.94. The number of nitrogens with one attached hydrogen (secondary N) is 1. The summed E-state index contributed by atoms with van der Waals surface area (Å²) >= 11 is 0. The number of hydrogen-bond acceptors (Lipinski definition) is 2. The summed E-state index contributed by atoms with van der Waals surface area (Å²) in [5.74, 6) is 0. The fourth-order valence-corrected chi connectivity index (χ4v) is 0.909. The molecule has 0 aliphatic carbocycles. The van der Waals surface area contributed by atoms with Crippen LogP contribution in [-0.4, -0.2) is 7.05 Å². The summed E-state index contributed by atoms with van der Waals surface area (Å²) in [6, 6.07) is 5.83. The molecule has 0 saturated carbocycles. The minimum absolute atomic E-state index is 0. The highest BCUT2D eigenvalue weighted by Crippen LogP contribution is 2.16. The van der Waals surface area contributed by atoms with Gasteiger partial charge in [-0.25, -0.2) is 0 Å². The lowest BCUT2D eigenvalue weighted by atomic mass is 10.2. The largest absolute Gasteiger partial charge is 0.399 e. The molecule has 0 amide bonds. The fraction of sp³-hybridized carbons (Fsp3) is 0.250. The molecule has 0 spiro atoms. The van der Waals surface area contributed by atoms with E-state index in [2.05, 4.69) is 5.32 Å². The lowest BCUT2D eigenvalue weighted by molar-refractivity contribution is 1.41. The number of anilines is 2. The van der Waals surface area contributed by atoms with Gasteiger partial charge in [-0.2, -0.15) is 0 Å². The third-order valence-corrected chi connectivity index (χ3v) is 1.53. The standard InChI is InChI=1S/C8H12N2.ClH/c1-6-3-4-7(9)5-8(6)10-2;/h3-5,10H,9H2,1-2H3;1H. The first kappa shape index (κ1) is 10.1. The number of benzene rings is 1. The van der Waals surface area contributed by atoms with Crippen molar-refractivity contribution in [2.24, 2.45) is 0 Å². The number of aryl methyl sites for hydroxylation is 1. The van der Waals surface area contributed by atoms with Crippen molar-refractivity contribution in [1.29, 1.82) is 0 Å². The van der Waals surface area contributed by atoms with Crippen molar-refractivity contribution in [3.8, 4) is 0 Å². The smallest absolute Gasteiger partial charge is 0.0387 e. The Morgan fingerprint density at radius 1 is 1.36 bits per heavy atom. The molecule has 0 bridgehead atoms. The zero-order valence-corrected chi connectivity index (χ0v) is 7.53. The Hall–Kier alpha value is -0.890. The first-order valence-electron chi connectivity index (χ1n) is 3.28. The maximum atomic E-state index is 5.56. The molecule has 3 heteroatoms. The Kier molecular flexibility index (Phi) is 3.76. The van der Waals surface area contributed by atoms with E-state index in [1.54, 1.807) is 0 Å². The third kappa shape index (κ3) is 2.31. The number of nitrogens with two attached hydrogens (primary N) is 1. The highest BCUT2D eigenvalue weighted by molar-refractivity contribution is 5.85. The van der Waals surface area contributed by atoms with Crippen LogP contribution in [0.4, 0.5) is 11.4 Å². The SMILES string of the molecule is CNc1cc(N)ccc1C.Cl. The summed E-state index contributed by atoms with van der Waals surface area (Å²) in [6.07, 6.45) is 0. The van der Waals surface area contributed by atoms with Crippen LogP contribution in [0.15, 0.2) is 18.2 Å². The summed E-state index contributed by atoms with van der Waals surface area (Å²) in [6.45, 7) is 2.05. The summed E-state index contributed by atoms with van der Waals surface area (Å²) in [5.41, 5.74) is 8.68. The maximum absolute atomic E-state index is 5.56. The van der Waals surface area contributed by atoms with Crippen molar-refractivity contribution >= 4 is 23.8 Å². The lowest BCUT2D eigenvalue weighted by Crippen LogP contribution is -1.93. The molecule has 0 fully saturated rings. The molecule has 1 aromatic rings. The molecule has 0 heterocycles. The van der Waals surface area contributed by atoms with Gasteiger partial charge in [0.1, 0.15) is 0 Å². The molecule has 0 atom stereocenters. The Morgan fingerprint density at radius 2 is 2.00 bits per heavy atom. The summed E-state index contributed by atoms with van der Waals surface area (Å²) in [4.78, 5) is 0.